The Morgan fingerprint density at radius 3 is 2.06 bits per heavy atom. The summed E-state index contributed by atoms with van der Waals surface area (Å²) in [5, 5.41) is 0.241. The van der Waals surface area contributed by atoms with Crippen molar-refractivity contribution in [1.82, 2.24) is 0 Å². The third-order valence-corrected chi connectivity index (χ3v) is 8.34. The molecule has 0 saturated carbocycles. The summed E-state index contributed by atoms with van der Waals surface area (Å²) in [6.07, 6.45) is 0.161. The lowest BCUT2D eigenvalue weighted by molar-refractivity contribution is -0.147. The zero-order valence-electron chi connectivity index (χ0n) is 12.6. The minimum Gasteiger partial charge on any atom is -0.414 e. The van der Waals surface area contributed by atoms with E-state index in [1.165, 1.54) is 0 Å². The molecule has 0 radical (unpaired) electrons. The van der Waals surface area contributed by atoms with Crippen LogP contribution in [0.3, 0.4) is 0 Å². The standard InChI is InChI=1S/C13H28O3Si/c1-10-11(16-13(5,6)15-10)9-14-17(7,8)12(2,3)4/h10-11H,9H2,1-8H3/t10-,11+/m0/s1. The molecule has 1 aliphatic heterocycles. The minimum atomic E-state index is -1.68. The Balaban J connectivity index is 2.52. The van der Waals surface area contributed by atoms with E-state index in [0.29, 0.717) is 6.61 Å². The summed E-state index contributed by atoms with van der Waals surface area (Å²) >= 11 is 0. The lowest BCUT2D eigenvalue weighted by Crippen LogP contribution is -2.43. The first-order chi connectivity index (χ1) is 7.45. The van der Waals surface area contributed by atoms with Gasteiger partial charge in [0.05, 0.1) is 12.7 Å². The summed E-state index contributed by atoms with van der Waals surface area (Å²) in [6, 6.07) is 0. The maximum Gasteiger partial charge on any atom is 0.192 e. The topological polar surface area (TPSA) is 27.7 Å². The Bertz CT molecular complexity index is 268. The normalized spacial score (nSPS) is 29.6. The molecule has 1 fully saturated rings. The van der Waals surface area contributed by atoms with E-state index in [2.05, 4.69) is 40.8 Å². The first-order valence-corrected chi connectivity index (χ1v) is 9.35. The fourth-order valence-electron chi connectivity index (χ4n) is 1.69. The summed E-state index contributed by atoms with van der Waals surface area (Å²) < 4.78 is 17.7. The third kappa shape index (κ3) is 3.78. The van der Waals surface area contributed by atoms with Gasteiger partial charge in [0.1, 0.15) is 6.10 Å². The predicted molar refractivity (Wildman–Crippen MR) is 72.6 cm³/mol. The van der Waals surface area contributed by atoms with Crippen molar-refractivity contribution in [2.45, 2.75) is 77.7 Å². The molecule has 2 atom stereocenters. The van der Waals surface area contributed by atoms with E-state index in [-0.39, 0.29) is 17.2 Å². The maximum absolute atomic E-state index is 6.18. The highest BCUT2D eigenvalue weighted by Crippen LogP contribution is 2.37. The summed E-state index contributed by atoms with van der Waals surface area (Å²) in [5.41, 5.74) is 0. The first kappa shape index (κ1) is 15.2. The van der Waals surface area contributed by atoms with Crippen molar-refractivity contribution in [3.05, 3.63) is 0 Å². The molecule has 0 amide bonds. The Morgan fingerprint density at radius 2 is 1.71 bits per heavy atom. The van der Waals surface area contributed by atoms with Gasteiger partial charge in [0.15, 0.2) is 14.1 Å². The van der Waals surface area contributed by atoms with Crippen LogP contribution in [0.25, 0.3) is 0 Å². The van der Waals surface area contributed by atoms with Gasteiger partial charge >= 0.3 is 0 Å². The Kier molecular flexibility index (Phi) is 4.14. The second kappa shape index (κ2) is 4.65. The van der Waals surface area contributed by atoms with Crippen molar-refractivity contribution < 1.29 is 13.9 Å². The fraction of sp³-hybridized carbons (Fsp3) is 1.00. The van der Waals surface area contributed by atoms with Crippen molar-refractivity contribution in [2.75, 3.05) is 6.61 Å². The van der Waals surface area contributed by atoms with E-state index >= 15 is 0 Å². The molecule has 0 aromatic carbocycles. The summed E-state index contributed by atoms with van der Waals surface area (Å²) in [7, 11) is -1.68. The Labute approximate surface area is 107 Å². The maximum atomic E-state index is 6.18. The average molecular weight is 260 g/mol. The molecule has 0 bridgehead atoms. The van der Waals surface area contributed by atoms with Crippen LogP contribution in [-0.2, 0) is 13.9 Å². The highest BCUT2D eigenvalue weighted by Gasteiger charge is 2.42. The molecule has 1 aliphatic rings. The molecule has 0 aliphatic carbocycles. The van der Waals surface area contributed by atoms with Gasteiger partial charge in [0.2, 0.25) is 0 Å². The molecular weight excluding hydrogens is 232 g/mol. The molecule has 0 N–H and O–H groups in total. The van der Waals surface area contributed by atoms with Gasteiger partial charge in [-0.1, -0.05) is 20.8 Å². The van der Waals surface area contributed by atoms with E-state index in [9.17, 15) is 0 Å². The van der Waals surface area contributed by atoms with E-state index in [0.717, 1.165) is 0 Å². The molecule has 4 heteroatoms. The van der Waals surface area contributed by atoms with Gasteiger partial charge in [-0.15, -0.1) is 0 Å². The molecule has 0 aromatic heterocycles. The molecule has 1 heterocycles. The van der Waals surface area contributed by atoms with E-state index < -0.39 is 14.1 Å². The summed E-state index contributed by atoms with van der Waals surface area (Å²) in [5.74, 6) is -0.471. The van der Waals surface area contributed by atoms with Crippen molar-refractivity contribution >= 4 is 8.32 Å². The minimum absolute atomic E-state index is 0.0547. The van der Waals surface area contributed by atoms with Crippen LogP contribution in [-0.4, -0.2) is 32.9 Å². The van der Waals surface area contributed by atoms with E-state index in [4.69, 9.17) is 13.9 Å². The summed E-state index contributed by atoms with van der Waals surface area (Å²) in [4.78, 5) is 0. The van der Waals surface area contributed by atoms with E-state index in [1.807, 2.05) is 13.8 Å². The monoisotopic (exact) mass is 260 g/mol. The first-order valence-electron chi connectivity index (χ1n) is 6.44. The molecule has 17 heavy (non-hydrogen) atoms. The van der Waals surface area contributed by atoms with Gasteiger partial charge < -0.3 is 13.9 Å². The Hall–Kier alpha value is 0.0969. The van der Waals surface area contributed by atoms with Crippen molar-refractivity contribution in [3.63, 3.8) is 0 Å². The number of hydrogen-bond acceptors (Lipinski definition) is 3. The van der Waals surface area contributed by atoms with Crippen LogP contribution in [0.15, 0.2) is 0 Å². The molecule has 1 saturated heterocycles. The fourth-order valence-corrected chi connectivity index (χ4v) is 2.70. The SMILES string of the molecule is C[C@@H]1OC(C)(C)O[C@@H]1CO[Si](C)(C)C(C)(C)C. The van der Waals surface area contributed by atoms with Gasteiger partial charge in [-0.3, -0.25) is 0 Å². The van der Waals surface area contributed by atoms with Gasteiger partial charge in [0.25, 0.3) is 0 Å². The molecule has 3 nitrogen and oxygen atoms in total. The highest BCUT2D eigenvalue weighted by molar-refractivity contribution is 6.74. The van der Waals surface area contributed by atoms with Crippen LogP contribution in [0, 0.1) is 0 Å². The van der Waals surface area contributed by atoms with Gasteiger partial charge in [-0.05, 0) is 38.9 Å². The predicted octanol–water partition coefficient (Wildman–Crippen LogP) is 3.55. The van der Waals surface area contributed by atoms with Crippen LogP contribution < -0.4 is 0 Å². The second-order valence-corrected chi connectivity index (χ2v) is 11.8. The van der Waals surface area contributed by atoms with Gasteiger partial charge in [0, 0.05) is 0 Å². The van der Waals surface area contributed by atoms with Crippen LogP contribution in [0.2, 0.25) is 18.1 Å². The largest absolute Gasteiger partial charge is 0.414 e. The molecular formula is C13H28O3Si. The Morgan fingerprint density at radius 1 is 1.18 bits per heavy atom. The molecule has 0 spiro atoms. The number of ether oxygens (including phenoxy) is 2. The smallest absolute Gasteiger partial charge is 0.192 e. The van der Waals surface area contributed by atoms with Gasteiger partial charge in [-0.25, -0.2) is 0 Å². The highest BCUT2D eigenvalue weighted by atomic mass is 28.4. The molecule has 0 unspecified atom stereocenters. The van der Waals surface area contributed by atoms with Crippen LogP contribution >= 0.6 is 0 Å². The quantitative estimate of drug-likeness (QED) is 0.726. The molecule has 102 valence electrons. The van der Waals surface area contributed by atoms with Crippen LogP contribution in [0.5, 0.6) is 0 Å². The van der Waals surface area contributed by atoms with Crippen molar-refractivity contribution in [3.8, 4) is 0 Å². The van der Waals surface area contributed by atoms with Crippen LogP contribution in [0.1, 0.15) is 41.5 Å². The number of rotatable bonds is 3. The zero-order valence-corrected chi connectivity index (χ0v) is 13.6. The third-order valence-electron chi connectivity index (χ3n) is 3.84. The van der Waals surface area contributed by atoms with Gasteiger partial charge in [-0.2, -0.15) is 0 Å². The lowest BCUT2D eigenvalue weighted by atomic mass is 10.2. The van der Waals surface area contributed by atoms with E-state index in [1.54, 1.807) is 0 Å². The molecule has 0 aromatic rings. The zero-order chi connectivity index (χ0) is 13.5. The molecule has 1 rings (SSSR count). The second-order valence-electron chi connectivity index (χ2n) is 6.95. The average Bonchev–Trinajstić information content (AvgIpc) is 2.34. The van der Waals surface area contributed by atoms with Crippen molar-refractivity contribution in [1.29, 1.82) is 0 Å². The summed E-state index contributed by atoms with van der Waals surface area (Å²) in [6.45, 7) is 17.9. The lowest BCUT2D eigenvalue weighted by Gasteiger charge is -2.37. The number of hydrogen-bond donors (Lipinski definition) is 0. The van der Waals surface area contributed by atoms with Crippen molar-refractivity contribution in [2.24, 2.45) is 0 Å². The van der Waals surface area contributed by atoms with Crippen LogP contribution in [0.4, 0.5) is 0 Å².